The molecular formula is C24H34N2O5. The summed E-state index contributed by atoms with van der Waals surface area (Å²) in [5.74, 6) is 0.609. The SMILES string of the molecule is CCCCOc1c(C(NC(=O)O)C(C)(C)C)n(CC(C)C)c(=O)c2ccc(C=O)cc12. The smallest absolute Gasteiger partial charge is 0.405 e. The first-order valence-electron chi connectivity index (χ1n) is 10.8. The average Bonchev–Trinajstić information content (AvgIpc) is 2.68. The van der Waals surface area contributed by atoms with E-state index in [0.29, 0.717) is 40.9 Å². The normalized spacial score (nSPS) is 12.7. The van der Waals surface area contributed by atoms with Crippen LogP contribution in [0.5, 0.6) is 5.75 Å². The second-order valence-electron chi connectivity index (χ2n) is 9.40. The maximum Gasteiger partial charge on any atom is 0.405 e. The number of nitrogens with zero attached hydrogens (tertiary/aromatic N) is 1. The van der Waals surface area contributed by atoms with Crippen molar-refractivity contribution in [2.75, 3.05) is 6.61 Å². The summed E-state index contributed by atoms with van der Waals surface area (Å²) in [4.78, 5) is 36.7. The van der Waals surface area contributed by atoms with Gasteiger partial charge in [0.05, 0.1) is 23.7 Å². The van der Waals surface area contributed by atoms with Gasteiger partial charge in [-0.25, -0.2) is 4.79 Å². The Morgan fingerprint density at radius 1 is 1.26 bits per heavy atom. The van der Waals surface area contributed by atoms with Crippen LogP contribution in [0.1, 0.15) is 76.5 Å². The van der Waals surface area contributed by atoms with Crippen LogP contribution in [0.25, 0.3) is 10.8 Å². The minimum atomic E-state index is -1.18. The predicted octanol–water partition coefficient (Wildman–Crippen LogP) is 5.00. The van der Waals surface area contributed by atoms with E-state index in [9.17, 15) is 19.5 Å². The molecule has 0 spiro atoms. The van der Waals surface area contributed by atoms with Gasteiger partial charge in [-0.3, -0.25) is 9.59 Å². The Bertz CT molecular complexity index is 1000. The van der Waals surface area contributed by atoms with Crippen LogP contribution in [0.3, 0.4) is 0 Å². The minimum absolute atomic E-state index is 0.150. The molecule has 7 heteroatoms. The van der Waals surface area contributed by atoms with Gasteiger partial charge in [0, 0.05) is 17.5 Å². The maximum atomic E-state index is 13.5. The predicted molar refractivity (Wildman–Crippen MR) is 122 cm³/mol. The zero-order valence-corrected chi connectivity index (χ0v) is 19.3. The zero-order chi connectivity index (χ0) is 23.3. The summed E-state index contributed by atoms with van der Waals surface area (Å²) in [6.07, 6.45) is 1.29. The molecule has 1 aromatic carbocycles. The fraction of sp³-hybridized carbons (Fsp3) is 0.542. The third-order valence-electron chi connectivity index (χ3n) is 5.12. The van der Waals surface area contributed by atoms with Crippen LogP contribution >= 0.6 is 0 Å². The maximum absolute atomic E-state index is 13.5. The number of carbonyl (C=O) groups excluding carboxylic acids is 1. The number of carboxylic acid groups (broad SMARTS) is 1. The van der Waals surface area contributed by atoms with Gasteiger partial charge in [0.25, 0.3) is 5.56 Å². The van der Waals surface area contributed by atoms with E-state index >= 15 is 0 Å². The molecule has 1 atom stereocenters. The van der Waals surface area contributed by atoms with E-state index in [1.54, 1.807) is 22.8 Å². The molecule has 0 saturated carbocycles. The second kappa shape index (κ2) is 9.98. The molecular weight excluding hydrogens is 396 g/mol. The van der Waals surface area contributed by atoms with E-state index in [0.717, 1.165) is 19.1 Å². The van der Waals surface area contributed by atoms with Crippen molar-refractivity contribution in [1.29, 1.82) is 0 Å². The van der Waals surface area contributed by atoms with Crippen LogP contribution in [-0.2, 0) is 6.54 Å². The molecule has 0 radical (unpaired) electrons. The summed E-state index contributed by atoms with van der Waals surface area (Å²) < 4.78 is 7.86. The number of ether oxygens (including phenoxy) is 1. The number of unbranched alkanes of at least 4 members (excludes halogenated alkanes) is 1. The molecule has 2 N–H and O–H groups in total. The Balaban J connectivity index is 3.00. The number of amides is 1. The summed E-state index contributed by atoms with van der Waals surface area (Å²) in [6.45, 7) is 12.6. The fourth-order valence-corrected chi connectivity index (χ4v) is 3.65. The van der Waals surface area contributed by atoms with E-state index in [2.05, 4.69) is 12.2 Å². The lowest BCUT2D eigenvalue weighted by molar-refractivity contribution is 0.112. The molecule has 7 nitrogen and oxygen atoms in total. The number of pyridine rings is 1. The Morgan fingerprint density at radius 2 is 1.94 bits per heavy atom. The van der Waals surface area contributed by atoms with E-state index in [4.69, 9.17) is 4.74 Å². The highest BCUT2D eigenvalue weighted by atomic mass is 16.5. The molecule has 1 aromatic heterocycles. The van der Waals surface area contributed by atoms with Crippen LogP contribution in [0.2, 0.25) is 0 Å². The number of hydrogen-bond acceptors (Lipinski definition) is 4. The van der Waals surface area contributed by atoms with Gasteiger partial charge >= 0.3 is 6.09 Å². The third-order valence-corrected chi connectivity index (χ3v) is 5.12. The van der Waals surface area contributed by atoms with Crippen molar-refractivity contribution in [2.45, 2.75) is 67.0 Å². The molecule has 0 aliphatic carbocycles. The number of hydrogen-bond donors (Lipinski definition) is 2. The molecule has 0 aliphatic rings. The van der Waals surface area contributed by atoms with Gasteiger partial charge in [0.15, 0.2) is 0 Å². The summed E-state index contributed by atoms with van der Waals surface area (Å²) in [5.41, 5.74) is 0.168. The van der Waals surface area contributed by atoms with E-state index in [1.807, 2.05) is 34.6 Å². The highest BCUT2D eigenvalue weighted by molar-refractivity contribution is 5.93. The molecule has 31 heavy (non-hydrogen) atoms. The van der Waals surface area contributed by atoms with Crippen LogP contribution in [0.4, 0.5) is 4.79 Å². The van der Waals surface area contributed by atoms with Crippen molar-refractivity contribution < 1.29 is 19.4 Å². The summed E-state index contributed by atoms with van der Waals surface area (Å²) in [6, 6.07) is 4.21. The lowest BCUT2D eigenvalue weighted by atomic mass is 9.83. The van der Waals surface area contributed by atoms with Crippen LogP contribution < -0.4 is 15.6 Å². The number of nitrogens with one attached hydrogen (secondary N) is 1. The zero-order valence-electron chi connectivity index (χ0n) is 19.3. The highest BCUT2D eigenvalue weighted by Gasteiger charge is 2.35. The summed E-state index contributed by atoms with van der Waals surface area (Å²) >= 11 is 0. The first kappa shape index (κ1) is 24.4. The third kappa shape index (κ3) is 5.66. The molecule has 0 saturated heterocycles. The molecule has 170 valence electrons. The number of carbonyl (C=O) groups is 2. The van der Waals surface area contributed by atoms with Gasteiger partial charge in [-0.2, -0.15) is 0 Å². The largest absolute Gasteiger partial charge is 0.491 e. The number of aldehydes is 1. The van der Waals surface area contributed by atoms with Crippen molar-refractivity contribution in [1.82, 2.24) is 9.88 Å². The lowest BCUT2D eigenvalue weighted by Gasteiger charge is -2.34. The molecule has 0 aliphatic heterocycles. The molecule has 2 rings (SSSR count). The van der Waals surface area contributed by atoms with Crippen molar-refractivity contribution in [3.8, 4) is 5.75 Å². The van der Waals surface area contributed by atoms with Crippen molar-refractivity contribution in [2.24, 2.45) is 11.3 Å². The average molecular weight is 431 g/mol. The number of fused-ring (bicyclic) bond motifs is 1. The van der Waals surface area contributed by atoms with E-state index in [-0.39, 0.29) is 11.5 Å². The van der Waals surface area contributed by atoms with E-state index < -0.39 is 17.6 Å². The topological polar surface area (TPSA) is 97.6 Å². The summed E-state index contributed by atoms with van der Waals surface area (Å²) in [7, 11) is 0. The van der Waals surface area contributed by atoms with Gasteiger partial charge in [0.2, 0.25) is 0 Å². The fourth-order valence-electron chi connectivity index (χ4n) is 3.65. The number of benzene rings is 1. The van der Waals surface area contributed by atoms with Crippen molar-refractivity contribution in [3.63, 3.8) is 0 Å². The molecule has 0 fully saturated rings. The molecule has 1 amide bonds. The first-order valence-corrected chi connectivity index (χ1v) is 10.8. The van der Waals surface area contributed by atoms with Crippen LogP contribution in [0, 0.1) is 11.3 Å². The van der Waals surface area contributed by atoms with E-state index in [1.165, 1.54) is 0 Å². The van der Waals surface area contributed by atoms with Crippen molar-refractivity contribution >= 4 is 23.2 Å². The van der Waals surface area contributed by atoms with Crippen molar-refractivity contribution in [3.05, 3.63) is 39.8 Å². The quantitative estimate of drug-likeness (QED) is 0.431. The Labute approximate surface area is 183 Å². The number of rotatable bonds is 9. The second-order valence-corrected chi connectivity index (χ2v) is 9.40. The molecule has 1 unspecified atom stereocenters. The van der Waals surface area contributed by atoms with Gasteiger partial charge < -0.3 is 19.7 Å². The summed E-state index contributed by atoms with van der Waals surface area (Å²) in [5, 5.41) is 13.2. The first-order chi connectivity index (χ1) is 14.5. The van der Waals surface area contributed by atoms with Gasteiger partial charge in [0.1, 0.15) is 12.0 Å². The standard InChI is InChI=1S/C24H34N2O5/c1-7-8-11-31-20-18-12-16(14-27)9-10-17(18)22(28)26(13-15(2)3)19(20)21(24(4,5)6)25-23(29)30/h9-10,12,14-15,21,25H,7-8,11,13H2,1-6H3,(H,29,30). The van der Waals surface area contributed by atoms with Crippen LogP contribution in [-0.4, -0.2) is 28.7 Å². The Kier molecular flexibility index (Phi) is 7.87. The number of aromatic nitrogens is 1. The monoisotopic (exact) mass is 430 g/mol. The van der Waals surface area contributed by atoms with Crippen LogP contribution in [0.15, 0.2) is 23.0 Å². The van der Waals surface area contributed by atoms with Gasteiger partial charge in [-0.15, -0.1) is 0 Å². The Hall–Kier alpha value is -2.83. The minimum Gasteiger partial charge on any atom is -0.491 e. The van der Waals surface area contributed by atoms with Gasteiger partial charge in [-0.1, -0.05) is 54.0 Å². The molecule has 0 bridgehead atoms. The lowest BCUT2D eigenvalue weighted by Crippen LogP contribution is -2.40. The Morgan fingerprint density at radius 3 is 2.45 bits per heavy atom. The van der Waals surface area contributed by atoms with Gasteiger partial charge in [-0.05, 0) is 29.9 Å². The molecule has 2 aromatic rings. The highest BCUT2D eigenvalue weighted by Crippen LogP contribution is 2.40. The molecule has 1 heterocycles.